The van der Waals surface area contributed by atoms with Crippen molar-refractivity contribution in [2.24, 2.45) is 5.92 Å². The Kier molecular flexibility index (Phi) is 3.94. The SMILES string of the molecule is O=C(Nc1cccc2c1[C@H](C1CC1)NC2=O)c1cc(F)cc(C(F)(F)F)c1. The Balaban J connectivity index is 1.67. The van der Waals surface area contributed by atoms with Gasteiger partial charge in [0.15, 0.2) is 0 Å². The van der Waals surface area contributed by atoms with Crippen molar-refractivity contribution in [3.63, 3.8) is 0 Å². The van der Waals surface area contributed by atoms with E-state index in [9.17, 15) is 27.2 Å². The van der Waals surface area contributed by atoms with Crippen LogP contribution in [0.15, 0.2) is 36.4 Å². The van der Waals surface area contributed by atoms with Crippen molar-refractivity contribution in [3.8, 4) is 0 Å². The number of benzene rings is 2. The van der Waals surface area contributed by atoms with Gasteiger partial charge in [0.25, 0.3) is 11.8 Å². The molecule has 1 fully saturated rings. The second-order valence-corrected chi connectivity index (χ2v) is 6.74. The Morgan fingerprint density at radius 2 is 1.89 bits per heavy atom. The van der Waals surface area contributed by atoms with Crippen molar-refractivity contribution >= 4 is 17.5 Å². The number of amides is 2. The Morgan fingerprint density at radius 3 is 2.56 bits per heavy atom. The zero-order valence-electron chi connectivity index (χ0n) is 13.9. The molecule has 140 valence electrons. The Morgan fingerprint density at radius 1 is 1.15 bits per heavy atom. The van der Waals surface area contributed by atoms with Crippen LogP contribution >= 0.6 is 0 Å². The minimum absolute atomic E-state index is 0.234. The molecule has 1 aliphatic carbocycles. The fourth-order valence-corrected chi connectivity index (χ4v) is 3.36. The van der Waals surface area contributed by atoms with Crippen LogP contribution in [0.4, 0.5) is 23.2 Å². The van der Waals surface area contributed by atoms with Crippen LogP contribution in [0.3, 0.4) is 0 Å². The topological polar surface area (TPSA) is 58.2 Å². The smallest absolute Gasteiger partial charge is 0.345 e. The van der Waals surface area contributed by atoms with E-state index in [0.717, 1.165) is 18.9 Å². The quantitative estimate of drug-likeness (QED) is 0.783. The largest absolute Gasteiger partial charge is 0.416 e. The highest BCUT2D eigenvalue weighted by molar-refractivity contribution is 6.07. The lowest BCUT2D eigenvalue weighted by atomic mass is 9.99. The first-order chi connectivity index (χ1) is 12.7. The number of fused-ring (bicyclic) bond motifs is 1. The Labute approximate surface area is 151 Å². The van der Waals surface area contributed by atoms with E-state index in [2.05, 4.69) is 10.6 Å². The number of rotatable bonds is 3. The van der Waals surface area contributed by atoms with E-state index < -0.39 is 29.0 Å². The highest BCUT2D eigenvalue weighted by Gasteiger charge is 2.41. The third-order valence-electron chi connectivity index (χ3n) is 4.78. The number of carbonyl (C=O) groups is 2. The summed E-state index contributed by atoms with van der Waals surface area (Å²) in [6.45, 7) is 0. The molecule has 4 nitrogen and oxygen atoms in total. The van der Waals surface area contributed by atoms with Gasteiger partial charge in [-0.3, -0.25) is 9.59 Å². The molecule has 1 atom stereocenters. The van der Waals surface area contributed by atoms with Crippen LogP contribution in [-0.4, -0.2) is 11.8 Å². The summed E-state index contributed by atoms with van der Waals surface area (Å²) in [5, 5.41) is 5.41. The van der Waals surface area contributed by atoms with Gasteiger partial charge in [-0.05, 0) is 49.1 Å². The predicted molar refractivity (Wildman–Crippen MR) is 88.7 cm³/mol. The van der Waals surface area contributed by atoms with Crippen molar-refractivity contribution in [1.29, 1.82) is 0 Å². The minimum atomic E-state index is -4.77. The van der Waals surface area contributed by atoms with Gasteiger partial charge in [-0.25, -0.2) is 4.39 Å². The number of hydrogen-bond acceptors (Lipinski definition) is 2. The molecule has 8 heteroatoms. The van der Waals surface area contributed by atoms with E-state index in [1.165, 1.54) is 0 Å². The lowest BCUT2D eigenvalue weighted by Gasteiger charge is -2.16. The van der Waals surface area contributed by atoms with Gasteiger partial charge in [0.1, 0.15) is 5.82 Å². The first-order valence-corrected chi connectivity index (χ1v) is 8.37. The molecule has 1 heterocycles. The maximum absolute atomic E-state index is 13.6. The van der Waals surface area contributed by atoms with Gasteiger partial charge in [-0.2, -0.15) is 13.2 Å². The number of alkyl halides is 3. The third-order valence-corrected chi connectivity index (χ3v) is 4.78. The molecule has 0 radical (unpaired) electrons. The Hall–Kier alpha value is -2.90. The number of anilines is 1. The molecular formula is C19H14F4N2O2. The van der Waals surface area contributed by atoms with E-state index in [0.29, 0.717) is 28.9 Å². The van der Waals surface area contributed by atoms with Crippen molar-refractivity contribution in [1.82, 2.24) is 5.32 Å². The summed E-state index contributed by atoms with van der Waals surface area (Å²) in [5.41, 5.74) is -0.282. The van der Waals surface area contributed by atoms with Crippen LogP contribution in [0, 0.1) is 11.7 Å². The van der Waals surface area contributed by atoms with E-state index in [4.69, 9.17) is 0 Å². The average Bonchev–Trinajstić information content (AvgIpc) is 3.38. The number of nitrogens with one attached hydrogen (secondary N) is 2. The van der Waals surface area contributed by atoms with Crippen molar-refractivity contribution in [2.75, 3.05) is 5.32 Å². The van der Waals surface area contributed by atoms with Crippen molar-refractivity contribution in [3.05, 3.63) is 64.5 Å². The third kappa shape index (κ3) is 3.27. The standard InChI is InChI=1S/C19H14F4N2O2/c20-12-7-10(6-11(8-12)19(21,22)23)17(26)24-14-3-1-2-13-15(14)16(9-4-5-9)25-18(13)27/h1-3,6-9,16H,4-5H2,(H,24,26)(H,25,27)/t16-/m0/s1. The molecule has 4 rings (SSSR count). The summed E-state index contributed by atoms with van der Waals surface area (Å²) in [4.78, 5) is 24.6. The summed E-state index contributed by atoms with van der Waals surface area (Å²) < 4.78 is 52.2. The minimum Gasteiger partial charge on any atom is -0.345 e. The summed E-state index contributed by atoms with van der Waals surface area (Å²) in [5.74, 6) is -1.99. The van der Waals surface area contributed by atoms with E-state index in [1.54, 1.807) is 18.2 Å². The molecule has 0 spiro atoms. The average molecular weight is 378 g/mol. The molecule has 0 aromatic heterocycles. The summed E-state index contributed by atoms with van der Waals surface area (Å²) in [7, 11) is 0. The first-order valence-electron chi connectivity index (χ1n) is 8.37. The molecule has 0 saturated heterocycles. The lowest BCUT2D eigenvalue weighted by molar-refractivity contribution is -0.137. The molecule has 2 aliphatic rings. The molecule has 2 aromatic rings. The predicted octanol–water partition coefficient (Wildman–Crippen LogP) is 4.29. The molecular weight excluding hydrogens is 364 g/mol. The molecule has 2 aromatic carbocycles. The normalized spacial score (nSPS) is 18.8. The van der Waals surface area contributed by atoms with Crippen molar-refractivity contribution < 1.29 is 27.2 Å². The molecule has 1 aliphatic heterocycles. The maximum atomic E-state index is 13.6. The van der Waals surface area contributed by atoms with Crippen LogP contribution in [0.5, 0.6) is 0 Å². The summed E-state index contributed by atoms with van der Waals surface area (Å²) in [6.07, 6.45) is -2.87. The van der Waals surface area contributed by atoms with Gasteiger partial charge in [-0.1, -0.05) is 6.07 Å². The fraction of sp³-hybridized carbons (Fsp3) is 0.263. The zero-order chi connectivity index (χ0) is 19.3. The van der Waals surface area contributed by atoms with Crippen LogP contribution in [0.25, 0.3) is 0 Å². The molecule has 2 amide bonds. The van der Waals surface area contributed by atoms with Crippen LogP contribution in [0.1, 0.15) is 50.7 Å². The highest BCUT2D eigenvalue weighted by Crippen LogP contribution is 2.47. The Bertz CT molecular complexity index is 951. The zero-order valence-corrected chi connectivity index (χ0v) is 13.9. The molecule has 0 unspecified atom stereocenters. The number of carbonyl (C=O) groups excluding carboxylic acids is 2. The first kappa shape index (κ1) is 17.5. The summed E-state index contributed by atoms with van der Waals surface area (Å²) in [6, 6.07) is 6.24. The molecule has 2 N–H and O–H groups in total. The second kappa shape index (κ2) is 6.07. The van der Waals surface area contributed by atoms with Crippen LogP contribution in [0.2, 0.25) is 0 Å². The molecule has 0 bridgehead atoms. The van der Waals surface area contributed by atoms with E-state index in [-0.39, 0.29) is 17.9 Å². The highest BCUT2D eigenvalue weighted by atomic mass is 19.4. The van der Waals surface area contributed by atoms with Gasteiger partial charge in [0.05, 0.1) is 11.6 Å². The van der Waals surface area contributed by atoms with Gasteiger partial charge >= 0.3 is 6.18 Å². The maximum Gasteiger partial charge on any atom is 0.416 e. The monoisotopic (exact) mass is 378 g/mol. The lowest BCUT2D eigenvalue weighted by Crippen LogP contribution is -2.21. The summed E-state index contributed by atoms with van der Waals surface area (Å²) >= 11 is 0. The van der Waals surface area contributed by atoms with Crippen LogP contribution < -0.4 is 10.6 Å². The van der Waals surface area contributed by atoms with Crippen LogP contribution in [-0.2, 0) is 6.18 Å². The van der Waals surface area contributed by atoms with Gasteiger partial charge in [0, 0.05) is 22.4 Å². The van der Waals surface area contributed by atoms with E-state index in [1.807, 2.05) is 0 Å². The second-order valence-electron chi connectivity index (χ2n) is 6.74. The fourth-order valence-electron chi connectivity index (χ4n) is 3.36. The molecule has 1 saturated carbocycles. The van der Waals surface area contributed by atoms with Gasteiger partial charge in [-0.15, -0.1) is 0 Å². The number of halogens is 4. The van der Waals surface area contributed by atoms with Crippen molar-refractivity contribution in [2.45, 2.75) is 25.1 Å². The molecule has 27 heavy (non-hydrogen) atoms. The van der Waals surface area contributed by atoms with Gasteiger partial charge in [0.2, 0.25) is 0 Å². The van der Waals surface area contributed by atoms with E-state index >= 15 is 0 Å². The number of hydrogen-bond donors (Lipinski definition) is 2. The van der Waals surface area contributed by atoms with Gasteiger partial charge < -0.3 is 10.6 Å².